The van der Waals surface area contributed by atoms with Gasteiger partial charge in [-0.15, -0.1) is 0 Å². The highest BCUT2D eigenvalue weighted by Crippen LogP contribution is 2.27. The number of aromatic nitrogens is 3. The highest BCUT2D eigenvalue weighted by Gasteiger charge is 2.16. The van der Waals surface area contributed by atoms with Crippen molar-refractivity contribution in [1.82, 2.24) is 14.5 Å². The van der Waals surface area contributed by atoms with E-state index in [1.165, 1.54) is 0 Å². The summed E-state index contributed by atoms with van der Waals surface area (Å²) >= 11 is 0. The Kier molecular flexibility index (Phi) is 2.57. The van der Waals surface area contributed by atoms with E-state index in [0.717, 1.165) is 22.0 Å². The molecule has 0 fully saturated rings. The highest BCUT2D eigenvalue weighted by atomic mass is 16.3. The smallest absolute Gasteiger partial charge is 0.121 e. The number of rotatable bonds is 2. The number of pyridine rings is 1. The van der Waals surface area contributed by atoms with Gasteiger partial charge in [0, 0.05) is 24.8 Å². The predicted octanol–water partition coefficient (Wildman–Crippen LogP) is 2.05. The first-order valence-corrected chi connectivity index (χ1v) is 5.74. The van der Waals surface area contributed by atoms with Crippen LogP contribution in [0.3, 0.4) is 0 Å². The normalized spacial score (nSPS) is 12.8. The second-order valence-corrected chi connectivity index (χ2v) is 4.28. The van der Waals surface area contributed by atoms with Crippen LogP contribution in [0.25, 0.3) is 10.8 Å². The summed E-state index contributed by atoms with van der Waals surface area (Å²) in [6.45, 7) is 0. The Morgan fingerprint density at radius 3 is 2.83 bits per heavy atom. The van der Waals surface area contributed by atoms with Crippen molar-refractivity contribution in [3.63, 3.8) is 0 Å². The zero-order valence-corrected chi connectivity index (χ0v) is 9.99. The molecule has 0 amide bonds. The molecule has 0 aliphatic rings. The summed E-state index contributed by atoms with van der Waals surface area (Å²) < 4.78 is 1.82. The van der Waals surface area contributed by atoms with Gasteiger partial charge in [0.15, 0.2) is 0 Å². The first-order chi connectivity index (χ1) is 8.77. The minimum absolute atomic E-state index is 0.689. The molecule has 3 rings (SSSR count). The van der Waals surface area contributed by atoms with E-state index in [1.54, 1.807) is 24.9 Å². The summed E-state index contributed by atoms with van der Waals surface area (Å²) in [5.41, 5.74) is 1.62. The van der Waals surface area contributed by atoms with Gasteiger partial charge in [-0.1, -0.05) is 18.2 Å². The first kappa shape index (κ1) is 10.9. The molecule has 1 aromatic carbocycles. The fourth-order valence-electron chi connectivity index (χ4n) is 2.17. The molecule has 0 saturated heterocycles. The molecular weight excluding hydrogens is 226 g/mol. The molecular formula is C14H13N3O. The molecule has 18 heavy (non-hydrogen) atoms. The second-order valence-electron chi connectivity index (χ2n) is 4.28. The molecule has 0 bridgehead atoms. The molecule has 1 unspecified atom stereocenters. The molecule has 4 heteroatoms. The molecule has 90 valence electrons. The average molecular weight is 239 g/mol. The highest BCUT2D eigenvalue weighted by molar-refractivity contribution is 5.85. The lowest BCUT2D eigenvalue weighted by molar-refractivity contribution is 0.213. The zero-order chi connectivity index (χ0) is 12.5. The van der Waals surface area contributed by atoms with Gasteiger partial charge in [-0.3, -0.25) is 4.98 Å². The number of nitrogens with zero attached hydrogens (tertiary/aromatic N) is 3. The zero-order valence-electron chi connectivity index (χ0n) is 9.99. The molecule has 0 spiro atoms. The molecule has 0 saturated carbocycles. The molecule has 1 atom stereocenters. The van der Waals surface area contributed by atoms with E-state index in [9.17, 15) is 5.11 Å². The third-order valence-electron chi connectivity index (χ3n) is 3.15. The van der Waals surface area contributed by atoms with Crippen molar-refractivity contribution < 1.29 is 5.11 Å². The Morgan fingerprint density at radius 1 is 1.17 bits per heavy atom. The van der Waals surface area contributed by atoms with Crippen LogP contribution in [0.15, 0.2) is 49.2 Å². The molecule has 1 N–H and O–H groups in total. The number of aryl methyl sites for hydroxylation is 1. The van der Waals surface area contributed by atoms with Gasteiger partial charge >= 0.3 is 0 Å². The van der Waals surface area contributed by atoms with Crippen molar-refractivity contribution in [2.75, 3.05) is 0 Å². The number of fused-ring (bicyclic) bond motifs is 1. The minimum atomic E-state index is -0.689. The third kappa shape index (κ3) is 1.67. The van der Waals surface area contributed by atoms with Gasteiger partial charge < -0.3 is 9.67 Å². The SMILES string of the molecule is Cn1cncc1C(O)c1cccc2ccncc12. The standard InChI is InChI=1S/C14H13N3O/c1-17-9-16-8-13(17)14(18)11-4-2-3-10-5-6-15-7-12(10)11/h2-9,14,18H,1H3. The number of aliphatic hydroxyl groups excluding tert-OH is 1. The minimum Gasteiger partial charge on any atom is -0.382 e. The van der Waals surface area contributed by atoms with E-state index < -0.39 is 6.10 Å². The van der Waals surface area contributed by atoms with Crippen LogP contribution < -0.4 is 0 Å². The summed E-state index contributed by atoms with van der Waals surface area (Å²) in [5.74, 6) is 0. The van der Waals surface area contributed by atoms with Crippen molar-refractivity contribution in [2.45, 2.75) is 6.10 Å². The van der Waals surface area contributed by atoms with E-state index in [4.69, 9.17) is 0 Å². The number of hydrogen-bond donors (Lipinski definition) is 1. The Hall–Kier alpha value is -2.20. The molecule has 2 heterocycles. The van der Waals surface area contributed by atoms with Crippen LogP contribution in [0.1, 0.15) is 17.4 Å². The summed E-state index contributed by atoms with van der Waals surface area (Å²) in [6.07, 6.45) is 6.21. The Bertz CT molecular complexity index is 685. The monoisotopic (exact) mass is 239 g/mol. The quantitative estimate of drug-likeness (QED) is 0.744. The van der Waals surface area contributed by atoms with Gasteiger partial charge in [0.2, 0.25) is 0 Å². The van der Waals surface area contributed by atoms with Crippen LogP contribution in [0.5, 0.6) is 0 Å². The fourth-order valence-corrected chi connectivity index (χ4v) is 2.17. The van der Waals surface area contributed by atoms with Crippen molar-refractivity contribution in [3.05, 3.63) is 60.4 Å². The summed E-state index contributed by atoms with van der Waals surface area (Å²) in [6, 6.07) is 7.81. The van der Waals surface area contributed by atoms with Gasteiger partial charge in [0.05, 0.1) is 18.2 Å². The Morgan fingerprint density at radius 2 is 2.06 bits per heavy atom. The largest absolute Gasteiger partial charge is 0.382 e. The molecule has 4 nitrogen and oxygen atoms in total. The lowest BCUT2D eigenvalue weighted by Gasteiger charge is -2.13. The fraction of sp³-hybridized carbons (Fsp3) is 0.143. The van der Waals surface area contributed by atoms with E-state index >= 15 is 0 Å². The van der Waals surface area contributed by atoms with E-state index in [-0.39, 0.29) is 0 Å². The van der Waals surface area contributed by atoms with E-state index in [0.29, 0.717) is 0 Å². The van der Waals surface area contributed by atoms with Gasteiger partial charge in [-0.05, 0) is 17.0 Å². The van der Waals surface area contributed by atoms with Gasteiger partial charge in [-0.2, -0.15) is 0 Å². The number of imidazole rings is 1. The average Bonchev–Trinajstić information content (AvgIpc) is 2.83. The molecule has 0 aliphatic carbocycles. The van der Waals surface area contributed by atoms with E-state index in [1.807, 2.05) is 35.9 Å². The van der Waals surface area contributed by atoms with Crippen LogP contribution in [0.4, 0.5) is 0 Å². The van der Waals surface area contributed by atoms with Gasteiger partial charge in [0.25, 0.3) is 0 Å². The molecule has 0 radical (unpaired) electrons. The summed E-state index contributed by atoms with van der Waals surface area (Å²) in [7, 11) is 1.87. The Balaban J connectivity index is 2.18. The van der Waals surface area contributed by atoms with Crippen LogP contribution in [0.2, 0.25) is 0 Å². The topological polar surface area (TPSA) is 50.9 Å². The van der Waals surface area contributed by atoms with E-state index in [2.05, 4.69) is 9.97 Å². The van der Waals surface area contributed by atoms with Crippen molar-refractivity contribution in [1.29, 1.82) is 0 Å². The maximum atomic E-state index is 10.5. The lowest BCUT2D eigenvalue weighted by Crippen LogP contribution is -2.05. The maximum Gasteiger partial charge on any atom is 0.121 e. The summed E-state index contributed by atoms with van der Waals surface area (Å²) in [5, 5.41) is 12.5. The molecule has 3 aromatic rings. The first-order valence-electron chi connectivity index (χ1n) is 5.74. The number of aliphatic hydroxyl groups is 1. The second kappa shape index (κ2) is 4.23. The van der Waals surface area contributed by atoms with Crippen molar-refractivity contribution >= 4 is 10.8 Å². The lowest BCUT2D eigenvalue weighted by atomic mass is 10.0. The maximum absolute atomic E-state index is 10.5. The van der Waals surface area contributed by atoms with Crippen LogP contribution in [-0.4, -0.2) is 19.6 Å². The number of hydrogen-bond acceptors (Lipinski definition) is 3. The number of benzene rings is 1. The van der Waals surface area contributed by atoms with Crippen molar-refractivity contribution in [2.24, 2.45) is 7.05 Å². The van der Waals surface area contributed by atoms with Crippen LogP contribution in [0, 0.1) is 0 Å². The van der Waals surface area contributed by atoms with Gasteiger partial charge in [0.1, 0.15) is 6.10 Å². The van der Waals surface area contributed by atoms with Crippen LogP contribution in [-0.2, 0) is 7.05 Å². The summed E-state index contributed by atoms with van der Waals surface area (Å²) in [4.78, 5) is 8.16. The van der Waals surface area contributed by atoms with Crippen LogP contribution >= 0.6 is 0 Å². The van der Waals surface area contributed by atoms with Gasteiger partial charge in [-0.25, -0.2) is 4.98 Å². The Labute approximate surface area is 105 Å². The third-order valence-corrected chi connectivity index (χ3v) is 3.15. The molecule has 2 aromatic heterocycles. The predicted molar refractivity (Wildman–Crippen MR) is 69.0 cm³/mol. The van der Waals surface area contributed by atoms with Crippen molar-refractivity contribution in [3.8, 4) is 0 Å². The molecule has 0 aliphatic heterocycles.